The van der Waals surface area contributed by atoms with E-state index in [2.05, 4.69) is 21.2 Å². The fourth-order valence-corrected chi connectivity index (χ4v) is 3.97. The zero-order valence-electron chi connectivity index (χ0n) is 19.5. The molecule has 0 saturated heterocycles. The van der Waals surface area contributed by atoms with Crippen LogP contribution in [-0.2, 0) is 22.6 Å². The first-order valence-corrected chi connectivity index (χ1v) is 12.4. The van der Waals surface area contributed by atoms with E-state index in [4.69, 9.17) is 4.74 Å². The highest BCUT2D eigenvalue weighted by atomic mass is 79.9. The molecule has 178 valence electrons. The molecule has 2 amide bonds. The number of likely N-dealkylation sites (N-methyl/N-ethyl adjacent to an activating group) is 1. The zero-order valence-corrected chi connectivity index (χ0v) is 21.0. The summed E-state index contributed by atoms with van der Waals surface area (Å²) in [4.78, 5) is 28.3. The van der Waals surface area contributed by atoms with Crippen LogP contribution in [0.4, 0.5) is 0 Å². The molecule has 34 heavy (non-hydrogen) atoms. The van der Waals surface area contributed by atoms with Gasteiger partial charge in [0, 0.05) is 30.4 Å². The maximum absolute atomic E-state index is 13.4. The predicted molar refractivity (Wildman–Crippen MR) is 138 cm³/mol. The Bertz CT molecular complexity index is 1030. The second-order valence-corrected chi connectivity index (χ2v) is 8.93. The Morgan fingerprint density at radius 1 is 0.912 bits per heavy atom. The third-order valence-corrected chi connectivity index (χ3v) is 5.96. The van der Waals surface area contributed by atoms with Gasteiger partial charge in [-0.15, -0.1) is 0 Å². The fraction of sp³-hybridized carbons (Fsp3) is 0.286. The van der Waals surface area contributed by atoms with Crippen molar-refractivity contribution >= 4 is 27.7 Å². The fourth-order valence-electron chi connectivity index (χ4n) is 3.71. The van der Waals surface area contributed by atoms with Crippen molar-refractivity contribution in [3.63, 3.8) is 0 Å². The smallest absolute Gasteiger partial charge is 0.243 e. The number of nitrogens with one attached hydrogen (secondary N) is 1. The van der Waals surface area contributed by atoms with Crippen molar-refractivity contribution < 1.29 is 14.3 Å². The minimum Gasteiger partial charge on any atom is -0.494 e. The van der Waals surface area contributed by atoms with Crippen molar-refractivity contribution in [3.8, 4) is 5.75 Å². The Morgan fingerprint density at radius 2 is 1.56 bits per heavy atom. The van der Waals surface area contributed by atoms with Crippen LogP contribution in [0.3, 0.4) is 0 Å². The first kappa shape index (κ1) is 25.5. The van der Waals surface area contributed by atoms with Crippen LogP contribution < -0.4 is 10.1 Å². The second-order valence-electron chi connectivity index (χ2n) is 8.01. The van der Waals surface area contributed by atoms with E-state index in [9.17, 15) is 9.59 Å². The van der Waals surface area contributed by atoms with Crippen LogP contribution in [0.15, 0.2) is 89.4 Å². The number of halogens is 1. The minimum atomic E-state index is -0.603. The first-order chi connectivity index (χ1) is 16.6. The summed E-state index contributed by atoms with van der Waals surface area (Å²) in [5, 5.41) is 2.92. The summed E-state index contributed by atoms with van der Waals surface area (Å²) in [6.45, 7) is 3.20. The van der Waals surface area contributed by atoms with Crippen LogP contribution in [-0.4, -0.2) is 35.9 Å². The SMILES string of the molecule is CCNC(=O)[C@H](Cc1ccccc1)N(Cc1ccc(Br)cc1)C(=O)CCCOc1ccccc1. The summed E-state index contributed by atoms with van der Waals surface area (Å²) in [5.74, 6) is 0.579. The number of nitrogens with zero attached hydrogens (tertiary/aromatic N) is 1. The largest absolute Gasteiger partial charge is 0.494 e. The summed E-state index contributed by atoms with van der Waals surface area (Å²) in [6.07, 6.45) is 1.32. The number of rotatable bonds is 12. The molecule has 1 N–H and O–H groups in total. The monoisotopic (exact) mass is 522 g/mol. The highest BCUT2D eigenvalue weighted by Gasteiger charge is 2.29. The molecule has 3 rings (SSSR count). The summed E-state index contributed by atoms with van der Waals surface area (Å²) < 4.78 is 6.72. The molecule has 0 aliphatic carbocycles. The van der Waals surface area contributed by atoms with Crippen LogP contribution in [0.2, 0.25) is 0 Å². The first-order valence-electron chi connectivity index (χ1n) is 11.6. The van der Waals surface area contributed by atoms with E-state index in [0.717, 1.165) is 21.3 Å². The topological polar surface area (TPSA) is 58.6 Å². The van der Waals surface area contributed by atoms with Crippen molar-refractivity contribution in [1.82, 2.24) is 10.2 Å². The molecule has 0 aliphatic heterocycles. The quantitative estimate of drug-likeness (QED) is 0.324. The van der Waals surface area contributed by atoms with Gasteiger partial charge in [-0.3, -0.25) is 9.59 Å². The standard InChI is InChI=1S/C28H31BrN2O3/c1-2-30-28(33)26(20-22-10-5-3-6-11-22)31(21-23-15-17-24(29)18-16-23)27(32)14-9-19-34-25-12-7-4-8-13-25/h3-8,10-13,15-18,26H,2,9,14,19-21H2,1H3,(H,30,33)/t26-/m0/s1. The summed E-state index contributed by atoms with van der Waals surface area (Å²) in [7, 11) is 0. The Morgan fingerprint density at radius 3 is 2.21 bits per heavy atom. The van der Waals surface area contributed by atoms with E-state index < -0.39 is 6.04 Å². The molecular weight excluding hydrogens is 492 g/mol. The van der Waals surface area contributed by atoms with E-state index in [1.54, 1.807) is 4.90 Å². The van der Waals surface area contributed by atoms with Crippen LogP contribution >= 0.6 is 15.9 Å². The third-order valence-electron chi connectivity index (χ3n) is 5.44. The number of amides is 2. The normalized spacial score (nSPS) is 11.5. The van der Waals surface area contributed by atoms with Gasteiger partial charge in [-0.1, -0.05) is 76.6 Å². The summed E-state index contributed by atoms with van der Waals surface area (Å²) >= 11 is 3.46. The van der Waals surface area contributed by atoms with Gasteiger partial charge in [0.1, 0.15) is 11.8 Å². The molecule has 0 spiro atoms. The van der Waals surface area contributed by atoms with Crippen molar-refractivity contribution in [1.29, 1.82) is 0 Å². The van der Waals surface area contributed by atoms with Crippen LogP contribution in [0.25, 0.3) is 0 Å². The number of hydrogen-bond acceptors (Lipinski definition) is 3. The average molecular weight is 523 g/mol. The van der Waals surface area contributed by atoms with Gasteiger partial charge in [-0.25, -0.2) is 0 Å². The van der Waals surface area contributed by atoms with Gasteiger partial charge in [0.15, 0.2) is 0 Å². The molecule has 0 fully saturated rings. The van der Waals surface area contributed by atoms with Crippen molar-refractivity contribution in [2.75, 3.05) is 13.2 Å². The molecule has 6 heteroatoms. The Kier molecular flexibility index (Phi) is 10.2. The summed E-state index contributed by atoms with van der Waals surface area (Å²) in [6, 6.07) is 26.6. The minimum absolute atomic E-state index is 0.0632. The van der Waals surface area contributed by atoms with Gasteiger partial charge in [0.05, 0.1) is 6.61 Å². The van der Waals surface area contributed by atoms with Gasteiger partial charge in [0.25, 0.3) is 0 Å². The molecule has 5 nitrogen and oxygen atoms in total. The molecule has 0 aromatic heterocycles. The molecular formula is C28H31BrN2O3. The molecule has 0 heterocycles. The molecule has 0 radical (unpaired) electrons. The maximum Gasteiger partial charge on any atom is 0.243 e. The van der Waals surface area contributed by atoms with Crippen LogP contribution in [0, 0.1) is 0 Å². The number of para-hydroxylation sites is 1. The molecule has 0 unspecified atom stereocenters. The van der Waals surface area contributed by atoms with E-state index >= 15 is 0 Å². The van der Waals surface area contributed by atoms with Crippen molar-refractivity contribution in [3.05, 3.63) is 101 Å². The Labute approximate surface area is 210 Å². The molecule has 1 atom stereocenters. The van der Waals surface area contributed by atoms with E-state index in [0.29, 0.717) is 39.0 Å². The summed E-state index contributed by atoms with van der Waals surface area (Å²) in [5.41, 5.74) is 1.99. The second kappa shape index (κ2) is 13.6. The lowest BCUT2D eigenvalue weighted by molar-refractivity contribution is -0.141. The van der Waals surface area contributed by atoms with Crippen LogP contribution in [0.1, 0.15) is 30.9 Å². The van der Waals surface area contributed by atoms with Gasteiger partial charge in [0.2, 0.25) is 11.8 Å². The van der Waals surface area contributed by atoms with E-state index in [1.807, 2.05) is 91.9 Å². The van der Waals surface area contributed by atoms with Gasteiger partial charge >= 0.3 is 0 Å². The molecule has 3 aromatic carbocycles. The van der Waals surface area contributed by atoms with Gasteiger partial charge < -0.3 is 15.0 Å². The number of benzene rings is 3. The number of carbonyl (C=O) groups is 2. The lowest BCUT2D eigenvalue weighted by Crippen LogP contribution is -2.50. The number of hydrogen-bond donors (Lipinski definition) is 1. The van der Waals surface area contributed by atoms with Gasteiger partial charge in [-0.2, -0.15) is 0 Å². The lowest BCUT2D eigenvalue weighted by Gasteiger charge is -2.31. The van der Waals surface area contributed by atoms with E-state index in [1.165, 1.54) is 0 Å². The Hall–Kier alpha value is -3.12. The molecule has 3 aromatic rings. The number of carbonyl (C=O) groups excluding carboxylic acids is 2. The third kappa shape index (κ3) is 8.03. The van der Waals surface area contributed by atoms with Crippen molar-refractivity contribution in [2.24, 2.45) is 0 Å². The molecule has 0 aliphatic rings. The maximum atomic E-state index is 13.4. The lowest BCUT2D eigenvalue weighted by atomic mass is 10.0. The average Bonchev–Trinajstić information content (AvgIpc) is 2.86. The highest BCUT2D eigenvalue weighted by Crippen LogP contribution is 2.18. The molecule has 0 saturated carbocycles. The highest BCUT2D eigenvalue weighted by molar-refractivity contribution is 9.10. The van der Waals surface area contributed by atoms with Gasteiger partial charge in [-0.05, 0) is 48.7 Å². The Balaban J connectivity index is 1.76. The molecule has 0 bridgehead atoms. The number of ether oxygens (including phenoxy) is 1. The van der Waals surface area contributed by atoms with Crippen molar-refractivity contribution in [2.45, 2.75) is 38.8 Å². The van der Waals surface area contributed by atoms with E-state index in [-0.39, 0.29) is 11.8 Å². The predicted octanol–water partition coefficient (Wildman–Crippen LogP) is 5.38. The zero-order chi connectivity index (χ0) is 24.2. The van der Waals surface area contributed by atoms with Crippen LogP contribution in [0.5, 0.6) is 5.75 Å².